The lowest BCUT2D eigenvalue weighted by atomic mass is 10.0. The minimum atomic E-state index is -5.00. The van der Waals surface area contributed by atoms with Crippen LogP contribution in [-0.4, -0.2) is 33.8 Å². The molecule has 1 fully saturated rings. The predicted octanol–water partition coefficient (Wildman–Crippen LogP) is 5.91. The zero-order valence-corrected chi connectivity index (χ0v) is 18.0. The van der Waals surface area contributed by atoms with E-state index in [9.17, 15) is 32.9 Å². The van der Waals surface area contributed by atoms with Gasteiger partial charge in [0.15, 0.2) is 0 Å². The summed E-state index contributed by atoms with van der Waals surface area (Å²) in [5.41, 5.74) is -4.78. The van der Waals surface area contributed by atoms with Crippen molar-refractivity contribution in [3.63, 3.8) is 0 Å². The number of nitro groups is 1. The summed E-state index contributed by atoms with van der Waals surface area (Å²) < 4.78 is 39.9. The molecular formula is C21H28F3N3O4. The molecule has 0 N–H and O–H groups in total. The Morgan fingerprint density at radius 1 is 1.03 bits per heavy atom. The van der Waals surface area contributed by atoms with Crippen LogP contribution in [0.15, 0.2) is 18.2 Å². The van der Waals surface area contributed by atoms with Crippen LogP contribution >= 0.6 is 0 Å². The van der Waals surface area contributed by atoms with Crippen LogP contribution in [-0.2, 0) is 11.0 Å². The number of hydrogen-bond donors (Lipinski definition) is 0. The summed E-state index contributed by atoms with van der Waals surface area (Å²) >= 11 is 0. The molecule has 0 aliphatic carbocycles. The molecule has 31 heavy (non-hydrogen) atoms. The quantitative estimate of drug-likeness (QED) is 0.195. The van der Waals surface area contributed by atoms with Gasteiger partial charge < -0.3 is 4.90 Å². The molecule has 1 saturated heterocycles. The molecule has 1 heterocycles. The largest absolute Gasteiger partial charge is 0.423 e. The fraction of sp³-hybridized carbons (Fsp3) is 0.619. The molecule has 0 saturated carbocycles. The first kappa shape index (κ1) is 24.6. The molecule has 2 rings (SSSR count). The van der Waals surface area contributed by atoms with Crippen molar-refractivity contribution in [3.8, 4) is 0 Å². The lowest BCUT2D eigenvalue weighted by molar-refractivity contribution is -0.387. The van der Waals surface area contributed by atoms with Crippen LogP contribution in [0.4, 0.5) is 29.3 Å². The molecule has 0 bridgehead atoms. The standard InChI is InChI=1S/C21H28F3N3O4/c1-4-5-6-7-8-9-10-14-25-19(29)26(18(28)20(25,2)3)16-13-11-12-15(21(22,23)24)17(16)27(30)31/h11-13H,4-10,14H2,1-3H3. The fourth-order valence-corrected chi connectivity index (χ4v) is 3.78. The van der Waals surface area contributed by atoms with E-state index in [0.717, 1.165) is 50.7 Å². The molecular weight excluding hydrogens is 415 g/mol. The van der Waals surface area contributed by atoms with E-state index in [2.05, 4.69) is 6.92 Å². The highest BCUT2D eigenvalue weighted by atomic mass is 19.4. The van der Waals surface area contributed by atoms with Gasteiger partial charge in [0.25, 0.3) is 5.91 Å². The third-order valence-corrected chi connectivity index (χ3v) is 5.55. The number of alkyl halides is 3. The molecule has 0 atom stereocenters. The molecule has 10 heteroatoms. The molecule has 1 aliphatic rings. The summed E-state index contributed by atoms with van der Waals surface area (Å²) in [6.07, 6.45) is 1.97. The molecule has 0 unspecified atom stereocenters. The number of unbranched alkanes of at least 4 members (excludes halogenated alkanes) is 6. The minimum absolute atomic E-state index is 0.245. The van der Waals surface area contributed by atoms with Crippen LogP contribution in [0, 0.1) is 10.1 Å². The Morgan fingerprint density at radius 2 is 1.61 bits per heavy atom. The summed E-state index contributed by atoms with van der Waals surface area (Å²) in [6, 6.07) is 1.67. The first-order valence-electron chi connectivity index (χ1n) is 10.4. The van der Waals surface area contributed by atoms with E-state index in [4.69, 9.17) is 0 Å². The Bertz CT molecular complexity index is 840. The van der Waals surface area contributed by atoms with E-state index in [1.54, 1.807) is 0 Å². The maximum absolute atomic E-state index is 13.3. The Kier molecular flexibility index (Phi) is 7.67. The van der Waals surface area contributed by atoms with Gasteiger partial charge in [-0.05, 0) is 32.4 Å². The van der Waals surface area contributed by atoms with Crippen molar-refractivity contribution in [1.82, 2.24) is 4.90 Å². The monoisotopic (exact) mass is 443 g/mol. The lowest BCUT2D eigenvalue weighted by Crippen LogP contribution is -2.44. The SMILES string of the molecule is CCCCCCCCCN1C(=O)N(c2cccc(C(F)(F)F)c2[N+](=O)[O-])C(=O)C1(C)C. The third-order valence-electron chi connectivity index (χ3n) is 5.55. The third kappa shape index (κ3) is 5.16. The number of para-hydroxylation sites is 1. The number of urea groups is 1. The number of nitro benzene ring substituents is 1. The van der Waals surface area contributed by atoms with Gasteiger partial charge in [0.1, 0.15) is 16.8 Å². The number of benzene rings is 1. The zero-order valence-electron chi connectivity index (χ0n) is 18.0. The van der Waals surface area contributed by atoms with Gasteiger partial charge in [-0.15, -0.1) is 0 Å². The number of carbonyl (C=O) groups excluding carboxylic acids is 2. The highest BCUT2D eigenvalue weighted by Gasteiger charge is 2.54. The highest BCUT2D eigenvalue weighted by molar-refractivity contribution is 6.24. The number of hydrogen-bond acceptors (Lipinski definition) is 4. The van der Waals surface area contributed by atoms with Crippen molar-refractivity contribution < 1.29 is 27.7 Å². The van der Waals surface area contributed by atoms with Crippen molar-refractivity contribution in [1.29, 1.82) is 0 Å². The smallest absolute Gasteiger partial charge is 0.310 e. The number of amides is 3. The number of rotatable bonds is 10. The van der Waals surface area contributed by atoms with Gasteiger partial charge in [-0.1, -0.05) is 51.5 Å². The Balaban J connectivity index is 2.27. The molecule has 0 spiro atoms. The normalized spacial score (nSPS) is 16.3. The van der Waals surface area contributed by atoms with Gasteiger partial charge in [-0.2, -0.15) is 13.2 Å². The minimum Gasteiger partial charge on any atom is -0.310 e. The summed E-state index contributed by atoms with van der Waals surface area (Å²) in [6.45, 7) is 5.36. The second kappa shape index (κ2) is 9.65. The number of halogens is 3. The Hall–Kier alpha value is -2.65. The summed E-state index contributed by atoms with van der Waals surface area (Å²) in [7, 11) is 0. The molecule has 1 aliphatic heterocycles. The number of anilines is 1. The average molecular weight is 443 g/mol. The van der Waals surface area contributed by atoms with Crippen LogP contribution in [0.5, 0.6) is 0 Å². The second-order valence-corrected chi connectivity index (χ2v) is 8.18. The van der Waals surface area contributed by atoms with Crippen LogP contribution in [0.1, 0.15) is 71.3 Å². The zero-order chi connectivity index (χ0) is 23.4. The van der Waals surface area contributed by atoms with Crippen molar-refractivity contribution in [2.75, 3.05) is 11.4 Å². The van der Waals surface area contributed by atoms with Gasteiger partial charge in [-0.25, -0.2) is 9.69 Å². The molecule has 172 valence electrons. The molecule has 3 amide bonds. The van der Waals surface area contributed by atoms with Crippen LogP contribution in [0.2, 0.25) is 0 Å². The van der Waals surface area contributed by atoms with Crippen molar-refractivity contribution in [2.24, 2.45) is 0 Å². The first-order valence-corrected chi connectivity index (χ1v) is 10.4. The topological polar surface area (TPSA) is 83.8 Å². The van der Waals surface area contributed by atoms with E-state index in [1.165, 1.54) is 18.7 Å². The average Bonchev–Trinajstić information content (AvgIpc) is 2.84. The van der Waals surface area contributed by atoms with Gasteiger partial charge >= 0.3 is 17.9 Å². The molecule has 1 aromatic rings. The fourth-order valence-electron chi connectivity index (χ4n) is 3.78. The van der Waals surface area contributed by atoms with Gasteiger partial charge in [-0.3, -0.25) is 14.9 Å². The van der Waals surface area contributed by atoms with Crippen LogP contribution < -0.4 is 4.90 Å². The lowest BCUT2D eigenvalue weighted by Gasteiger charge is -2.27. The van der Waals surface area contributed by atoms with Gasteiger partial charge in [0, 0.05) is 6.54 Å². The van der Waals surface area contributed by atoms with Crippen LogP contribution in [0.25, 0.3) is 0 Å². The van der Waals surface area contributed by atoms with Crippen molar-refractivity contribution >= 4 is 23.3 Å². The first-order chi connectivity index (χ1) is 14.4. The summed E-state index contributed by atoms with van der Waals surface area (Å²) in [5, 5.41) is 11.5. The molecule has 1 aromatic carbocycles. The molecule has 0 radical (unpaired) electrons. The maximum Gasteiger partial charge on any atom is 0.423 e. The number of imide groups is 1. The van der Waals surface area contributed by atoms with E-state index in [-0.39, 0.29) is 6.54 Å². The van der Waals surface area contributed by atoms with Gasteiger partial charge in [0.2, 0.25) is 0 Å². The van der Waals surface area contributed by atoms with Gasteiger partial charge in [0.05, 0.1) is 4.92 Å². The second-order valence-electron chi connectivity index (χ2n) is 8.18. The summed E-state index contributed by atoms with van der Waals surface area (Å²) in [5.74, 6) is -0.789. The Labute approximate surface area is 179 Å². The van der Waals surface area contributed by atoms with E-state index < -0.39 is 45.5 Å². The van der Waals surface area contributed by atoms with E-state index >= 15 is 0 Å². The predicted molar refractivity (Wildman–Crippen MR) is 110 cm³/mol. The summed E-state index contributed by atoms with van der Waals surface area (Å²) in [4.78, 5) is 38.0. The highest BCUT2D eigenvalue weighted by Crippen LogP contribution is 2.44. The van der Waals surface area contributed by atoms with E-state index in [0.29, 0.717) is 17.4 Å². The molecule has 7 nitrogen and oxygen atoms in total. The van der Waals surface area contributed by atoms with Crippen LogP contribution in [0.3, 0.4) is 0 Å². The van der Waals surface area contributed by atoms with E-state index in [1.807, 2.05) is 0 Å². The maximum atomic E-state index is 13.3. The molecule has 0 aromatic heterocycles. The van der Waals surface area contributed by atoms with Crippen molar-refractivity contribution in [3.05, 3.63) is 33.9 Å². The Morgan fingerprint density at radius 3 is 2.16 bits per heavy atom. The number of carbonyl (C=O) groups is 2. The van der Waals surface area contributed by atoms with Crippen molar-refractivity contribution in [2.45, 2.75) is 77.4 Å². The number of nitrogens with zero attached hydrogens (tertiary/aromatic N) is 3.